The van der Waals surface area contributed by atoms with Crippen LogP contribution in [-0.2, 0) is 16.6 Å². The third-order valence-corrected chi connectivity index (χ3v) is 4.37. The maximum Gasteiger partial charge on any atom is 0.247 e. The quantitative estimate of drug-likeness (QED) is 0.857. The zero-order valence-electron chi connectivity index (χ0n) is 13.1. The minimum Gasteiger partial charge on any atom is -0.357 e. The average molecular weight is 325 g/mol. The third kappa shape index (κ3) is 3.32. The Kier molecular flexibility index (Phi) is 5.24. The van der Waals surface area contributed by atoms with Crippen molar-refractivity contribution < 1.29 is 9.59 Å². The number of amides is 2. The molecule has 1 N–H and O–H groups in total. The summed E-state index contributed by atoms with van der Waals surface area (Å²) in [6, 6.07) is -0.388. The van der Waals surface area contributed by atoms with E-state index in [0.29, 0.717) is 18.1 Å². The van der Waals surface area contributed by atoms with Gasteiger partial charge in [0.15, 0.2) is 0 Å². The van der Waals surface area contributed by atoms with Gasteiger partial charge in [-0.25, -0.2) is 0 Å². The average Bonchev–Trinajstić information content (AvgIpc) is 2.77. The Morgan fingerprint density at radius 3 is 2.73 bits per heavy atom. The van der Waals surface area contributed by atoms with Gasteiger partial charge in [-0.15, -0.1) is 0 Å². The number of likely N-dealkylation sites (tertiary alicyclic amines) is 1. The highest BCUT2D eigenvalue weighted by molar-refractivity contribution is 6.31. The molecule has 0 spiro atoms. The van der Waals surface area contributed by atoms with Gasteiger partial charge >= 0.3 is 0 Å². The van der Waals surface area contributed by atoms with Crippen LogP contribution in [0.25, 0.3) is 6.08 Å². The fourth-order valence-corrected chi connectivity index (χ4v) is 2.96. The van der Waals surface area contributed by atoms with Gasteiger partial charge in [0.1, 0.15) is 11.2 Å². The monoisotopic (exact) mass is 324 g/mol. The molecule has 1 fully saturated rings. The summed E-state index contributed by atoms with van der Waals surface area (Å²) in [6.45, 7) is 2.44. The van der Waals surface area contributed by atoms with Gasteiger partial charge in [0.2, 0.25) is 11.8 Å². The summed E-state index contributed by atoms with van der Waals surface area (Å²) in [7, 11) is 3.34. The third-order valence-electron chi connectivity index (χ3n) is 3.92. The van der Waals surface area contributed by atoms with Crippen LogP contribution in [0, 0.1) is 6.92 Å². The van der Waals surface area contributed by atoms with Gasteiger partial charge in [0.05, 0.1) is 5.69 Å². The van der Waals surface area contributed by atoms with Gasteiger partial charge in [-0.1, -0.05) is 11.6 Å². The van der Waals surface area contributed by atoms with Crippen molar-refractivity contribution in [3.63, 3.8) is 0 Å². The number of nitrogens with zero attached hydrogens (tertiary/aromatic N) is 3. The minimum absolute atomic E-state index is 0.114. The predicted octanol–water partition coefficient (Wildman–Crippen LogP) is 1.52. The van der Waals surface area contributed by atoms with Gasteiger partial charge in [-0.2, -0.15) is 5.10 Å². The van der Waals surface area contributed by atoms with Gasteiger partial charge in [-0.3, -0.25) is 14.3 Å². The summed E-state index contributed by atoms with van der Waals surface area (Å²) in [5, 5.41) is 7.31. The number of likely N-dealkylation sites (N-methyl/N-ethyl adjacent to an activating group) is 1. The molecule has 0 saturated carbocycles. The molecule has 2 rings (SSSR count). The molecule has 6 nitrogen and oxygen atoms in total. The van der Waals surface area contributed by atoms with E-state index in [-0.39, 0.29) is 17.9 Å². The first-order valence-electron chi connectivity index (χ1n) is 7.35. The zero-order valence-corrected chi connectivity index (χ0v) is 13.9. The second-order valence-corrected chi connectivity index (χ2v) is 5.76. The van der Waals surface area contributed by atoms with Gasteiger partial charge in [0, 0.05) is 32.3 Å². The molecule has 0 bridgehead atoms. The van der Waals surface area contributed by atoms with E-state index in [4.69, 9.17) is 11.6 Å². The van der Waals surface area contributed by atoms with E-state index in [2.05, 4.69) is 10.4 Å². The minimum atomic E-state index is -0.388. The highest BCUT2D eigenvalue weighted by Gasteiger charge is 2.30. The Balaban J connectivity index is 2.16. The lowest BCUT2D eigenvalue weighted by molar-refractivity contribution is -0.138. The van der Waals surface area contributed by atoms with Crippen LogP contribution >= 0.6 is 11.6 Å². The van der Waals surface area contributed by atoms with E-state index in [1.165, 1.54) is 6.08 Å². The van der Waals surface area contributed by atoms with E-state index >= 15 is 0 Å². The number of aryl methyl sites for hydroxylation is 2. The smallest absolute Gasteiger partial charge is 0.247 e. The molecule has 1 aliphatic rings. The van der Waals surface area contributed by atoms with E-state index in [9.17, 15) is 9.59 Å². The van der Waals surface area contributed by atoms with Crippen molar-refractivity contribution in [2.75, 3.05) is 13.6 Å². The van der Waals surface area contributed by atoms with Crippen LogP contribution in [0.3, 0.4) is 0 Å². The molecule has 2 amide bonds. The fourth-order valence-electron chi connectivity index (χ4n) is 2.72. The molecule has 1 aliphatic heterocycles. The van der Waals surface area contributed by atoms with Crippen LogP contribution in [0.2, 0.25) is 5.15 Å². The normalized spacial score (nSPS) is 18.7. The van der Waals surface area contributed by atoms with Crippen molar-refractivity contribution >= 4 is 29.5 Å². The molecule has 120 valence electrons. The molecule has 1 aromatic heterocycles. The number of nitrogens with one attached hydrogen (secondary N) is 1. The summed E-state index contributed by atoms with van der Waals surface area (Å²) in [4.78, 5) is 25.9. The van der Waals surface area contributed by atoms with Crippen LogP contribution in [-0.4, -0.2) is 46.1 Å². The Morgan fingerprint density at radius 1 is 1.41 bits per heavy atom. The summed E-state index contributed by atoms with van der Waals surface area (Å²) in [5.41, 5.74) is 1.49. The number of rotatable bonds is 3. The summed E-state index contributed by atoms with van der Waals surface area (Å²) >= 11 is 6.15. The topological polar surface area (TPSA) is 67.2 Å². The standard InChI is InChI=1S/C15H21ClN4O2/c1-10-11(14(16)19(3)18-10)7-8-13(21)20-9-5-4-6-12(20)15(22)17-2/h7-8,12H,4-6,9H2,1-3H3,(H,17,22)/b8-7-/t12-/m0/s1. The van der Waals surface area contributed by atoms with Crippen LogP contribution < -0.4 is 5.32 Å². The number of halogens is 1. The van der Waals surface area contributed by atoms with Gasteiger partial charge in [0.25, 0.3) is 0 Å². The maximum absolute atomic E-state index is 12.4. The van der Waals surface area contributed by atoms with Crippen molar-refractivity contribution in [2.24, 2.45) is 7.05 Å². The lowest BCUT2D eigenvalue weighted by Crippen LogP contribution is -2.50. The Labute approximate surface area is 135 Å². The van der Waals surface area contributed by atoms with Gasteiger partial charge in [-0.05, 0) is 32.3 Å². The molecule has 0 unspecified atom stereocenters. The second kappa shape index (κ2) is 6.96. The molecule has 2 heterocycles. The molecule has 22 heavy (non-hydrogen) atoms. The molecule has 1 aromatic rings. The number of carbonyl (C=O) groups excluding carboxylic acids is 2. The Bertz CT molecular complexity index is 609. The van der Waals surface area contributed by atoms with Crippen LogP contribution in [0.1, 0.15) is 30.5 Å². The molecular weight excluding hydrogens is 304 g/mol. The maximum atomic E-state index is 12.4. The van der Waals surface area contributed by atoms with E-state index < -0.39 is 0 Å². The molecule has 0 aliphatic carbocycles. The summed E-state index contributed by atoms with van der Waals surface area (Å²) < 4.78 is 1.56. The highest BCUT2D eigenvalue weighted by Crippen LogP contribution is 2.21. The lowest BCUT2D eigenvalue weighted by atomic mass is 10.0. The van der Waals surface area contributed by atoms with Crippen molar-refractivity contribution in [2.45, 2.75) is 32.2 Å². The highest BCUT2D eigenvalue weighted by atomic mass is 35.5. The van der Waals surface area contributed by atoms with Gasteiger partial charge < -0.3 is 10.2 Å². The second-order valence-electron chi connectivity index (χ2n) is 5.40. The number of aromatic nitrogens is 2. The Morgan fingerprint density at radius 2 is 2.14 bits per heavy atom. The van der Waals surface area contributed by atoms with Crippen molar-refractivity contribution in [1.82, 2.24) is 20.0 Å². The van der Waals surface area contributed by atoms with Crippen LogP contribution in [0.4, 0.5) is 0 Å². The molecule has 7 heteroatoms. The Hall–Kier alpha value is -1.82. The SMILES string of the molecule is CNC(=O)[C@@H]1CCCCN1C(=O)/C=C\c1c(C)nn(C)c1Cl. The van der Waals surface area contributed by atoms with E-state index in [0.717, 1.165) is 24.1 Å². The van der Waals surface area contributed by atoms with Crippen molar-refractivity contribution in [3.05, 3.63) is 22.5 Å². The number of piperidine rings is 1. The first kappa shape index (κ1) is 16.5. The molecule has 0 radical (unpaired) electrons. The molecule has 0 aromatic carbocycles. The summed E-state index contributed by atoms with van der Waals surface area (Å²) in [5.74, 6) is -0.287. The molecular formula is C15H21ClN4O2. The van der Waals surface area contributed by atoms with E-state index in [1.54, 1.807) is 29.8 Å². The van der Waals surface area contributed by atoms with Crippen molar-refractivity contribution in [1.29, 1.82) is 0 Å². The largest absolute Gasteiger partial charge is 0.357 e. The zero-order chi connectivity index (χ0) is 16.3. The number of carbonyl (C=O) groups is 2. The van der Waals surface area contributed by atoms with Crippen LogP contribution in [0.5, 0.6) is 0 Å². The van der Waals surface area contributed by atoms with Crippen molar-refractivity contribution in [3.8, 4) is 0 Å². The molecule has 1 atom stereocenters. The number of hydrogen-bond acceptors (Lipinski definition) is 3. The lowest BCUT2D eigenvalue weighted by Gasteiger charge is -2.33. The first-order valence-corrected chi connectivity index (χ1v) is 7.73. The summed E-state index contributed by atoms with van der Waals surface area (Å²) in [6.07, 6.45) is 5.71. The number of hydrogen-bond donors (Lipinski definition) is 1. The molecule has 1 saturated heterocycles. The first-order chi connectivity index (χ1) is 10.5. The van der Waals surface area contributed by atoms with E-state index in [1.807, 2.05) is 6.92 Å². The van der Waals surface area contributed by atoms with Crippen LogP contribution in [0.15, 0.2) is 6.08 Å². The fraction of sp³-hybridized carbons (Fsp3) is 0.533. The predicted molar refractivity (Wildman–Crippen MR) is 85.4 cm³/mol.